The third-order valence-electron chi connectivity index (χ3n) is 2.68. The van der Waals surface area contributed by atoms with Crippen LogP contribution in [-0.4, -0.2) is 13.4 Å². The molecule has 0 unspecified atom stereocenters. The standard InChI is InChI=1S/C13H8BrNO2S2/c14-12-6-9-7-13(15-8-11(9)18-12)19(16,17)10-4-2-1-3-5-10/h1-8H. The lowest BCUT2D eigenvalue weighted by molar-refractivity contribution is 0.592. The van der Waals surface area contributed by atoms with Gasteiger partial charge in [0, 0.05) is 6.20 Å². The number of fused-ring (bicyclic) bond motifs is 1. The van der Waals surface area contributed by atoms with Crippen molar-refractivity contribution in [2.45, 2.75) is 9.92 Å². The van der Waals surface area contributed by atoms with Crippen LogP contribution in [0.1, 0.15) is 0 Å². The van der Waals surface area contributed by atoms with E-state index in [0.29, 0.717) is 0 Å². The molecule has 96 valence electrons. The predicted molar refractivity (Wildman–Crippen MR) is 79.2 cm³/mol. The van der Waals surface area contributed by atoms with Crippen molar-refractivity contribution in [3.63, 3.8) is 0 Å². The molecule has 0 N–H and O–H groups in total. The van der Waals surface area contributed by atoms with E-state index in [1.54, 1.807) is 42.6 Å². The number of sulfone groups is 1. The number of hydrogen-bond donors (Lipinski definition) is 0. The summed E-state index contributed by atoms with van der Waals surface area (Å²) in [7, 11) is -3.54. The van der Waals surface area contributed by atoms with Gasteiger partial charge in [-0.3, -0.25) is 0 Å². The zero-order valence-corrected chi connectivity index (χ0v) is 12.8. The van der Waals surface area contributed by atoms with Gasteiger partial charge >= 0.3 is 0 Å². The molecule has 19 heavy (non-hydrogen) atoms. The van der Waals surface area contributed by atoms with Crippen LogP contribution in [0, 0.1) is 0 Å². The van der Waals surface area contributed by atoms with E-state index in [4.69, 9.17) is 0 Å². The second kappa shape index (κ2) is 4.70. The quantitative estimate of drug-likeness (QED) is 0.701. The van der Waals surface area contributed by atoms with Gasteiger partial charge in [-0.05, 0) is 45.6 Å². The Hall–Kier alpha value is -1.24. The maximum Gasteiger partial charge on any atom is 0.223 e. The highest BCUT2D eigenvalue weighted by Crippen LogP contribution is 2.31. The van der Waals surface area contributed by atoms with E-state index in [9.17, 15) is 8.42 Å². The maximum atomic E-state index is 12.4. The molecule has 0 aliphatic rings. The number of rotatable bonds is 2. The highest BCUT2D eigenvalue weighted by Gasteiger charge is 2.19. The minimum Gasteiger partial charge on any atom is -0.243 e. The molecule has 3 nitrogen and oxygen atoms in total. The van der Waals surface area contributed by atoms with Gasteiger partial charge in [-0.2, -0.15) is 0 Å². The number of nitrogens with zero attached hydrogens (tertiary/aromatic N) is 1. The minimum atomic E-state index is -3.54. The summed E-state index contributed by atoms with van der Waals surface area (Å²) < 4.78 is 26.7. The second-order valence-corrected chi connectivity index (χ2v) is 8.29. The predicted octanol–water partition coefficient (Wildman–Crippen LogP) is 3.89. The Kier molecular flexibility index (Phi) is 3.16. The monoisotopic (exact) mass is 353 g/mol. The Balaban J connectivity index is 2.18. The molecule has 0 fully saturated rings. The third kappa shape index (κ3) is 2.31. The molecule has 0 radical (unpaired) electrons. The van der Waals surface area contributed by atoms with Gasteiger partial charge < -0.3 is 0 Å². The first-order chi connectivity index (χ1) is 9.07. The van der Waals surface area contributed by atoms with Gasteiger partial charge in [-0.25, -0.2) is 13.4 Å². The smallest absolute Gasteiger partial charge is 0.223 e. The van der Waals surface area contributed by atoms with E-state index >= 15 is 0 Å². The lowest BCUT2D eigenvalue weighted by atomic mass is 10.3. The maximum absolute atomic E-state index is 12.4. The molecule has 2 heterocycles. The van der Waals surface area contributed by atoms with E-state index in [1.165, 1.54) is 11.3 Å². The Bertz CT molecular complexity index is 841. The molecule has 0 bridgehead atoms. The van der Waals surface area contributed by atoms with Gasteiger partial charge in [0.25, 0.3) is 0 Å². The number of aromatic nitrogens is 1. The molecule has 0 aliphatic carbocycles. The van der Waals surface area contributed by atoms with E-state index in [2.05, 4.69) is 20.9 Å². The summed E-state index contributed by atoms with van der Waals surface area (Å²) in [5.74, 6) is 0. The summed E-state index contributed by atoms with van der Waals surface area (Å²) in [6, 6.07) is 11.8. The van der Waals surface area contributed by atoms with Crippen LogP contribution in [0.2, 0.25) is 0 Å². The number of pyridine rings is 1. The van der Waals surface area contributed by atoms with Crippen molar-refractivity contribution >= 4 is 47.2 Å². The zero-order valence-electron chi connectivity index (χ0n) is 9.58. The fourth-order valence-corrected chi connectivity index (χ4v) is 4.50. The lowest BCUT2D eigenvalue weighted by Crippen LogP contribution is -2.03. The molecule has 0 saturated carbocycles. The highest BCUT2D eigenvalue weighted by molar-refractivity contribution is 9.11. The van der Waals surface area contributed by atoms with E-state index in [0.717, 1.165) is 13.9 Å². The fraction of sp³-hybridized carbons (Fsp3) is 0. The number of halogens is 1. The molecular formula is C13H8BrNO2S2. The molecule has 0 spiro atoms. The number of benzene rings is 1. The molecule has 0 atom stereocenters. The SMILES string of the molecule is O=S(=O)(c1ccccc1)c1cc2cc(Br)sc2cn1. The average molecular weight is 354 g/mol. The van der Waals surface area contributed by atoms with Crippen LogP contribution in [0.3, 0.4) is 0 Å². The third-order valence-corrected chi connectivity index (χ3v) is 5.93. The van der Waals surface area contributed by atoms with Crippen molar-refractivity contribution in [3.8, 4) is 0 Å². The summed E-state index contributed by atoms with van der Waals surface area (Å²) in [5.41, 5.74) is 0. The first kappa shape index (κ1) is 12.8. The van der Waals surface area contributed by atoms with Crippen LogP contribution < -0.4 is 0 Å². The molecule has 1 aromatic carbocycles. The fourth-order valence-electron chi connectivity index (χ4n) is 1.76. The number of hydrogen-bond acceptors (Lipinski definition) is 4. The molecule has 3 aromatic rings. The van der Waals surface area contributed by atoms with Gasteiger partial charge in [0.05, 0.1) is 13.4 Å². The van der Waals surface area contributed by atoms with Crippen molar-refractivity contribution in [1.29, 1.82) is 0 Å². The summed E-state index contributed by atoms with van der Waals surface area (Å²) >= 11 is 4.91. The molecule has 0 amide bonds. The highest BCUT2D eigenvalue weighted by atomic mass is 79.9. The molecule has 6 heteroatoms. The van der Waals surface area contributed by atoms with Crippen molar-refractivity contribution in [2.75, 3.05) is 0 Å². The van der Waals surface area contributed by atoms with Crippen LogP contribution in [0.4, 0.5) is 0 Å². The lowest BCUT2D eigenvalue weighted by Gasteiger charge is -2.03. The largest absolute Gasteiger partial charge is 0.243 e. The van der Waals surface area contributed by atoms with Crippen LogP contribution in [0.25, 0.3) is 10.1 Å². The topological polar surface area (TPSA) is 47.0 Å². The molecule has 0 saturated heterocycles. The van der Waals surface area contributed by atoms with Crippen LogP contribution in [0.5, 0.6) is 0 Å². The summed E-state index contributed by atoms with van der Waals surface area (Å²) in [6.07, 6.45) is 1.60. The molecule has 3 rings (SSSR count). The van der Waals surface area contributed by atoms with Crippen LogP contribution in [-0.2, 0) is 9.84 Å². The van der Waals surface area contributed by atoms with Gasteiger partial charge in [0.1, 0.15) is 0 Å². The van der Waals surface area contributed by atoms with Gasteiger partial charge in [-0.15, -0.1) is 11.3 Å². The van der Waals surface area contributed by atoms with Gasteiger partial charge in [0.15, 0.2) is 5.03 Å². The van der Waals surface area contributed by atoms with Crippen molar-refractivity contribution in [2.24, 2.45) is 0 Å². The van der Waals surface area contributed by atoms with Crippen LogP contribution >= 0.6 is 27.3 Å². The van der Waals surface area contributed by atoms with Gasteiger partial charge in [-0.1, -0.05) is 18.2 Å². The Morgan fingerprint density at radius 1 is 1.11 bits per heavy atom. The summed E-state index contributed by atoms with van der Waals surface area (Å²) in [6.45, 7) is 0. The second-order valence-electron chi connectivity index (χ2n) is 3.93. The van der Waals surface area contributed by atoms with E-state index in [1.807, 2.05) is 6.07 Å². The van der Waals surface area contributed by atoms with Gasteiger partial charge in [0.2, 0.25) is 9.84 Å². The van der Waals surface area contributed by atoms with Crippen LogP contribution in [0.15, 0.2) is 62.4 Å². The van der Waals surface area contributed by atoms with Crippen molar-refractivity contribution in [3.05, 3.63) is 52.4 Å². The summed E-state index contributed by atoms with van der Waals surface area (Å²) in [4.78, 5) is 4.33. The molecule has 2 aromatic heterocycles. The zero-order chi connectivity index (χ0) is 13.5. The molecular weight excluding hydrogens is 346 g/mol. The van der Waals surface area contributed by atoms with Crippen molar-refractivity contribution < 1.29 is 8.42 Å². The average Bonchev–Trinajstić information content (AvgIpc) is 2.78. The summed E-state index contributed by atoms with van der Waals surface area (Å²) in [5, 5.41) is 0.956. The van der Waals surface area contributed by atoms with E-state index in [-0.39, 0.29) is 9.92 Å². The Morgan fingerprint density at radius 2 is 1.84 bits per heavy atom. The first-order valence-electron chi connectivity index (χ1n) is 5.42. The van der Waals surface area contributed by atoms with Crippen molar-refractivity contribution in [1.82, 2.24) is 4.98 Å². The first-order valence-corrected chi connectivity index (χ1v) is 8.52. The van der Waals surface area contributed by atoms with E-state index < -0.39 is 9.84 Å². The number of thiophene rings is 1. The Labute approximate surface area is 123 Å². The Morgan fingerprint density at radius 3 is 2.58 bits per heavy atom. The normalized spacial score (nSPS) is 11.8. The molecule has 0 aliphatic heterocycles. The minimum absolute atomic E-state index is 0.0801.